The Morgan fingerprint density at radius 3 is 2.94 bits per heavy atom. The monoisotopic (exact) mass is 446 g/mol. The third-order valence-corrected chi connectivity index (χ3v) is 6.33. The summed E-state index contributed by atoms with van der Waals surface area (Å²) >= 11 is 0.887. The molecule has 2 N–H and O–H groups in total. The van der Waals surface area contributed by atoms with Crippen molar-refractivity contribution in [2.24, 2.45) is 0 Å². The summed E-state index contributed by atoms with van der Waals surface area (Å²) < 4.78 is 0. The first-order valence-corrected chi connectivity index (χ1v) is 11.4. The van der Waals surface area contributed by atoms with Gasteiger partial charge in [0.25, 0.3) is 11.1 Å². The number of para-hydroxylation sites is 1. The molecular formula is C23H22N6O2S. The van der Waals surface area contributed by atoms with Crippen LogP contribution in [0.5, 0.6) is 0 Å². The zero-order valence-electron chi connectivity index (χ0n) is 17.3. The van der Waals surface area contributed by atoms with Gasteiger partial charge in [-0.2, -0.15) is 0 Å². The van der Waals surface area contributed by atoms with E-state index in [-0.39, 0.29) is 11.1 Å². The van der Waals surface area contributed by atoms with Crippen LogP contribution in [-0.2, 0) is 11.3 Å². The maximum absolute atomic E-state index is 11.8. The minimum atomic E-state index is -0.385. The van der Waals surface area contributed by atoms with E-state index in [1.165, 1.54) is 0 Å². The van der Waals surface area contributed by atoms with Gasteiger partial charge in [0, 0.05) is 37.3 Å². The molecule has 1 atom stereocenters. The molecule has 4 heterocycles. The summed E-state index contributed by atoms with van der Waals surface area (Å²) in [5.74, 6) is 0.245. The van der Waals surface area contributed by atoms with Gasteiger partial charge in [-0.05, 0) is 48.9 Å². The molecule has 8 nitrogen and oxygen atoms in total. The summed E-state index contributed by atoms with van der Waals surface area (Å²) in [4.78, 5) is 39.4. The van der Waals surface area contributed by atoms with Crippen LogP contribution in [0.15, 0.2) is 53.6 Å². The van der Waals surface area contributed by atoms with E-state index in [9.17, 15) is 9.59 Å². The quantitative estimate of drug-likeness (QED) is 0.577. The molecule has 0 aliphatic carbocycles. The normalized spacial score (nSPS) is 20.2. The van der Waals surface area contributed by atoms with Crippen LogP contribution in [0.3, 0.4) is 0 Å². The van der Waals surface area contributed by atoms with E-state index in [1.807, 2.05) is 18.2 Å². The Balaban J connectivity index is 1.24. The van der Waals surface area contributed by atoms with Crippen LogP contribution >= 0.6 is 11.8 Å². The van der Waals surface area contributed by atoms with Gasteiger partial charge < -0.3 is 10.2 Å². The molecule has 1 aromatic carbocycles. The summed E-state index contributed by atoms with van der Waals surface area (Å²) in [7, 11) is 0. The first-order chi connectivity index (χ1) is 15.6. The minimum absolute atomic E-state index is 0.302. The number of carbonyl (C=O) groups is 2. The van der Waals surface area contributed by atoms with Crippen molar-refractivity contribution < 1.29 is 9.59 Å². The fourth-order valence-electron chi connectivity index (χ4n) is 3.93. The third kappa shape index (κ3) is 4.63. The summed E-state index contributed by atoms with van der Waals surface area (Å²) in [6.07, 6.45) is 5.42. The SMILES string of the molecule is O=C1NC(=O)/C(=C\c2ccnc(N3CCCC(NCc4ccc5ccccc5n4)C3)n2)S1. The maximum Gasteiger partial charge on any atom is 0.290 e. The zero-order chi connectivity index (χ0) is 21.9. The third-order valence-electron chi connectivity index (χ3n) is 5.52. The predicted octanol–water partition coefficient (Wildman–Crippen LogP) is 3.11. The maximum atomic E-state index is 11.8. The Morgan fingerprint density at radius 1 is 1.16 bits per heavy atom. The molecule has 2 aliphatic rings. The van der Waals surface area contributed by atoms with Crippen molar-refractivity contribution >= 4 is 45.8 Å². The molecular weight excluding hydrogens is 424 g/mol. The number of nitrogens with one attached hydrogen (secondary N) is 2. The van der Waals surface area contributed by atoms with Gasteiger partial charge in [0.05, 0.1) is 21.8 Å². The van der Waals surface area contributed by atoms with Gasteiger partial charge in [-0.15, -0.1) is 0 Å². The molecule has 3 aromatic rings. The molecule has 32 heavy (non-hydrogen) atoms. The van der Waals surface area contributed by atoms with Gasteiger partial charge in [0.1, 0.15) is 0 Å². The molecule has 0 radical (unpaired) electrons. The van der Waals surface area contributed by atoms with E-state index in [4.69, 9.17) is 4.98 Å². The average molecular weight is 447 g/mol. The van der Waals surface area contributed by atoms with Crippen molar-refractivity contribution in [2.45, 2.75) is 25.4 Å². The molecule has 0 spiro atoms. The lowest BCUT2D eigenvalue weighted by molar-refractivity contribution is -0.115. The Kier molecular flexibility index (Phi) is 5.83. The van der Waals surface area contributed by atoms with E-state index in [1.54, 1.807) is 18.3 Å². The number of pyridine rings is 1. The second kappa shape index (κ2) is 9.05. The number of fused-ring (bicyclic) bond motifs is 1. The van der Waals surface area contributed by atoms with Gasteiger partial charge in [-0.3, -0.25) is 19.9 Å². The summed E-state index contributed by atoms with van der Waals surface area (Å²) in [6.45, 7) is 2.37. The van der Waals surface area contributed by atoms with Crippen LogP contribution in [0.1, 0.15) is 24.2 Å². The van der Waals surface area contributed by atoms with Crippen molar-refractivity contribution in [2.75, 3.05) is 18.0 Å². The van der Waals surface area contributed by atoms with Gasteiger partial charge >= 0.3 is 0 Å². The average Bonchev–Trinajstić information content (AvgIpc) is 3.14. The van der Waals surface area contributed by atoms with E-state index >= 15 is 0 Å². The lowest BCUT2D eigenvalue weighted by Gasteiger charge is -2.33. The second-order valence-corrected chi connectivity index (χ2v) is 8.81. The molecule has 0 saturated carbocycles. The summed E-state index contributed by atoms with van der Waals surface area (Å²) in [6, 6.07) is 14.3. The Morgan fingerprint density at radius 2 is 2.06 bits per heavy atom. The van der Waals surface area contributed by atoms with Crippen LogP contribution in [0.2, 0.25) is 0 Å². The molecule has 2 fully saturated rings. The van der Waals surface area contributed by atoms with E-state index in [0.717, 1.165) is 54.3 Å². The molecule has 5 rings (SSSR count). The number of hydrogen-bond acceptors (Lipinski definition) is 8. The number of piperidine rings is 1. The van der Waals surface area contributed by atoms with Gasteiger partial charge in [0.2, 0.25) is 5.95 Å². The van der Waals surface area contributed by atoms with Gasteiger partial charge in [-0.25, -0.2) is 9.97 Å². The number of aromatic nitrogens is 3. The smallest absolute Gasteiger partial charge is 0.290 e. The number of rotatable bonds is 5. The first kappa shape index (κ1) is 20.6. The van der Waals surface area contributed by atoms with Gasteiger partial charge in [-0.1, -0.05) is 24.3 Å². The highest BCUT2D eigenvalue weighted by Gasteiger charge is 2.26. The largest absolute Gasteiger partial charge is 0.339 e. The summed E-state index contributed by atoms with van der Waals surface area (Å²) in [5.41, 5.74) is 2.64. The van der Waals surface area contributed by atoms with Gasteiger partial charge in [0.15, 0.2) is 0 Å². The molecule has 2 aliphatic heterocycles. The van der Waals surface area contributed by atoms with Crippen LogP contribution in [0.4, 0.5) is 10.7 Å². The molecule has 2 aromatic heterocycles. The first-order valence-electron chi connectivity index (χ1n) is 10.5. The second-order valence-electron chi connectivity index (χ2n) is 7.80. The Bertz CT molecular complexity index is 1210. The highest BCUT2D eigenvalue weighted by Crippen LogP contribution is 2.25. The predicted molar refractivity (Wildman–Crippen MR) is 125 cm³/mol. The van der Waals surface area contributed by atoms with Crippen molar-refractivity contribution in [3.05, 3.63) is 65.0 Å². The fraction of sp³-hybridized carbons (Fsp3) is 0.261. The number of anilines is 1. The topological polar surface area (TPSA) is 100 Å². The fourth-order valence-corrected chi connectivity index (χ4v) is 4.60. The lowest BCUT2D eigenvalue weighted by atomic mass is 10.1. The molecule has 9 heteroatoms. The van der Waals surface area contributed by atoms with Crippen LogP contribution < -0.4 is 15.5 Å². The zero-order valence-corrected chi connectivity index (χ0v) is 18.1. The van der Waals surface area contributed by atoms with E-state index in [2.05, 4.69) is 43.7 Å². The van der Waals surface area contributed by atoms with Crippen LogP contribution in [0.25, 0.3) is 17.0 Å². The Hall–Kier alpha value is -3.30. The van der Waals surface area contributed by atoms with E-state index in [0.29, 0.717) is 29.1 Å². The number of thioether (sulfide) groups is 1. The lowest BCUT2D eigenvalue weighted by Crippen LogP contribution is -2.46. The van der Waals surface area contributed by atoms with Crippen molar-refractivity contribution in [1.82, 2.24) is 25.6 Å². The highest BCUT2D eigenvalue weighted by atomic mass is 32.2. The van der Waals surface area contributed by atoms with Crippen LogP contribution in [-0.4, -0.2) is 45.2 Å². The van der Waals surface area contributed by atoms with E-state index < -0.39 is 0 Å². The standard InChI is InChI=1S/C23H22N6O2S/c30-21-20(32-23(31)28-21)12-16-9-10-24-22(27-16)29-11-3-5-18(14-29)25-13-17-8-7-15-4-1-2-6-19(15)26-17/h1-2,4,6-10,12,18,25H,3,5,11,13-14H2,(H,28,30,31)/b20-12+. The number of amides is 2. The van der Waals surface area contributed by atoms with Crippen molar-refractivity contribution in [3.8, 4) is 0 Å². The molecule has 162 valence electrons. The number of carbonyl (C=O) groups excluding carboxylic acids is 2. The molecule has 0 bridgehead atoms. The molecule has 2 saturated heterocycles. The highest BCUT2D eigenvalue weighted by molar-refractivity contribution is 8.18. The van der Waals surface area contributed by atoms with Crippen LogP contribution in [0, 0.1) is 0 Å². The summed E-state index contributed by atoms with van der Waals surface area (Å²) in [5, 5.41) is 6.66. The van der Waals surface area contributed by atoms with Crippen molar-refractivity contribution in [1.29, 1.82) is 0 Å². The Labute approximate surface area is 189 Å². The molecule has 2 amide bonds. The number of hydrogen-bond donors (Lipinski definition) is 2. The van der Waals surface area contributed by atoms with Crippen molar-refractivity contribution in [3.63, 3.8) is 0 Å². The number of nitrogens with zero attached hydrogens (tertiary/aromatic N) is 4. The molecule has 1 unspecified atom stereocenters. The minimum Gasteiger partial charge on any atom is -0.339 e. The number of imide groups is 1. The number of benzene rings is 1.